The molecule has 3 nitrogen and oxygen atoms in total. The SMILES string of the molecule is OB1NN=Cc2ccccc21. The van der Waals surface area contributed by atoms with Gasteiger partial charge in [-0.1, -0.05) is 24.3 Å². The highest BCUT2D eigenvalue weighted by atomic mass is 16.2. The van der Waals surface area contributed by atoms with Gasteiger partial charge in [0, 0.05) is 0 Å². The molecule has 2 N–H and O–H groups in total. The summed E-state index contributed by atoms with van der Waals surface area (Å²) in [4.78, 5) is 0. The van der Waals surface area contributed by atoms with Crippen molar-refractivity contribution in [3.8, 4) is 0 Å². The number of hydrogen-bond donors (Lipinski definition) is 2. The molecule has 0 atom stereocenters. The predicted molar refractivity (Wildman–Crippen MR) is 44.8 cm³/mol. The van der Waals surface area contributed by atoms with Crippen LogP contribution >= 0.6 is 0 Å². The Balaban J connectivity index is 2.54. The molecule has 54 valence electrons. The van der Waals surface area contributed by atoms with Gasteiger partial charge in [-0.3, -0.25) is 0 Å². The van der Waals surface area contributed by atoms with Crippen molar-refractivity contribution < 1.29 is 5.02 Å². The van der Waals surface area contributed by atoms with Crippen LogP contribution in [0, 0.1) is 0 Å². The van der Waals surface area contributed by atoms with Gasteiger partial charge >= 0.3 is 7.05 Å². The standard InChI is InChI=1S/C7H7BN2O/c11-8-7-4-2-1-3-6(7)5-9-10-8/h1-5,10-11H. The Labute approximate surface area is 64.9 Å². The predicted octanol–water partition coefficient (Wildman–Crippen LogP) is -0.689. The van der Waals surface area contributed by atoms with Crippen molar-refractivity contribution in [1.29, 1.82) is 0 Å². The molecule has 11 heavy (non-hydrogen) atoms. The molecule has 1 aromatic carbocycles. The van der Waals surface area contributed by atoms with Gasteiger partial charge in [-0.2, -0.15) is 5.10 Å². The Bertz CT molecular complexity index is 300. The average Bonchev–Trinajstić information content (AvgIpc) is 2.06. The summed E-state index contributed by atoms with van der Waals surface area (Å²) in [6, 6.07) is 7.60. The number of benzene rings is 1. The smallest absolute Gasteiger partial charge is 0.428 e. The Morgan fingerprint density at radius 1 is 1.36 bits per heavy atom. The molecule has 0 saturated heterocycles. The average molecular weight is 146 g/mol. The second kappa shape index (κ2) is 2.40. The van der Waals surface area contributed by atoms with E-state index in [9.17, 15) is 5.02 Å². The van der Waals surface area contributed by atoms with Gasteiger partial charge in [-0.25, -0.2) is 0 Å². The summed E-state index contributed by atoms with van der Waals surface area (Å²) in [6.07, 6.45) is 1.70. The second-order valence-corrected chi connectivity index (χ2v) is 2.42. The van der Waals surface area contributed by atoms with Crippen molar-refractivity contribution in [1.82, 2.24) is 5.34 Å². The van der Waals surface area contributed by atoms with Crippen LogP contribution in [-0.4, -0.2) is 18.3 Å². The summed E-state index contributed by atoms with van der Waals surface area (Å²) in [7, 11) is -0.656. The van der Waals surface area contributed by atoms with E-state index in [1.807, 2.05) is 24.3 Å². The van der Waals surface area contributed by atoms with E-state index in [0.717, 1.165) is 11.0 Å². The van der Waals surface area contributed by atoms with Crippen LogP contribution in [0.1, 0.15) is 5.56 Å². The first-order chi connectivity index (χ1) is 5.38. The molecule has 1 aliphatic rings. The lowest BCUT2D eigenvalue weighted by Crippen LogP contribution is -2.46. The largest absolute Gasteiger partial charge is 0.464 e. The fraction of sp³-hybridized carbons (Fsp3) is 0. The molecule has 0 unspecified atom stereocenters. The summed E-state index contributed by atoms with van der Waals surface area (Å²) >= 11 is 0. The molecule has 2 rings (SSSR count). The van der Waals surface area contributed by atoms with Crippen molar-refractivity contribution in [3.63, 3.8) is 0 Å². The summed E-state index contributed by atoms with van der Waals surface area (Å²) in [5.74, 6) is 0. The monoisotopic (exact) mass is 146 g/mol. The lowest BCUT2D eigenvalue weighted by Gasteiger charge is -2.12. The summed E-state index contributed by atoms with van der Waals surface area (Å²) in [6.45, 7) is 0. The van der Waals surface area contributed by atoms with Crippen LogP contribution in [0.3, 0.4) is 0 Å². The Morgan fingerprint density at radius 2 is 2.18 bits per heavy atom. The molecule has 1 heterocycles. The molecule has 0 aromatic heterocycles. The lowest BCUT2D eigenvalue weighted by molar-refractivity contribution is 0.565. The van der Waals surface area contributed by atoms with Crippen LogP contribution in [0.15, 0.2) is 29.4 Å². The van der Waals surface area contributed by atoms with Gasteiger partial charge in [0.15, 0.2) is 0 Å². The van der Waals surface area contributed by atoms with Crippen LogP contribution in [0.25, 0.3) is 0 Å². The van der Waals surface area contributed by atoms with E-state index in [2.05, 4.69) is 10.4 Å². The number of hydrazone groups is 1. The molecule has 0 aliphatic carbocycles. The molecular formula is C7H7BN2O. The van der Waals surface area contributed by atoms with Crippen molar-refractivity contribution in [2.24, 2.45) is 5.10 Å². The first-order valence-electron chi connectivity index (χ1n) is 3.43. The van der Waals surface area contributed by atoms with E-state index in [0.29, 0.717) is 0 Å². The third kappa shape index (κ3) is 1.01. The second-order valence-electron chi connectivity index (χ2n) is 2.42. The van der Waals surface area contributed by atoms with E-state index in [4.69, 9.17) is 0 Å². The molecule has 0 fully saturated rings. The van der Waals surface area contributed by atoms with Gasteiger partial charge in [0.05, 0.1) is 6.21 Å². The number of rotatable bonds is 0. The van der Waals surface area contributed by atoms with Crippen molar-refractivity contribution in [3.05, 3.63) is 29.8 Å². The summed E-state index contributed by atoms with van der Waals surface area (Å²) < 4.78 is 0. The van der Waals surface area contributed by atoms with Crippen LogP contribution in [0.5, 0.6) is 0 Å². The van der Waals surface area contributed by atoms with Gasteiger partial charge in [-0.15, -0.1) is 0 Å². The van der Waals surface area contributed by atoms with Crippen molar-refractivity contribution in [2.75, 3.05) is 0 Å². The van der Waals surface area contributed by atoms with E-state index in [-0.39, 0.29) is 0 Å². The number of hydrogen-bond acceptors (Lipinski definition) is 3. The molecule has 0 amide bonds. The maximum atomic E-state index is 9.34. The molecule has 4 heteroatoms. The van der Waals surface area contributed by atoms with Gasteiger partial charge in [0.1, 0.15) is 0 Å². The first-order valence-corrected chi connectivity index (χ1v) is 3.43. The zero-order valence-electron chi connectivity index (χ0n) is 5.86. The molecule has 1 aliphatic heterocycles. The Kier molecular flexibility index (Phi) is 1.40. The molecule has 0 bridgehead atoms. The molecule has 0 saturated carbocycles. The first kappa shape index (κ1) is 6.43. The van der Waals surface area contributed by atoms with Crippen LogP contribution in [-0.2, 0) is 0 Å². The Hall–Kier alpha value is -1.29. The number of nitrogens with one attached hydrogen (secondary N) is 1. The number of fused-ring (bicyclic) bond motifs is 1. The fourth-order valence-electron chi connectivity index (χ4n) is 1.12. The van der Waals surface area contributed by atoms with Crippen LogP contribution in [0.4, 0.5) is 0 Å². The number of nitrogens with zero attached hydrogens (tertiary/aromatic N) is 1. The van der Waals surface area contributed by atoms with Gasteiger partial charge in [-0.05, 0) is 11.0 Å². The minimum absolute atomic E-state index is 0.656. The van der Waals surface area contributed by atoms with E-state index in [1.165, 1.54) is 0 Å². The van der Waals surface area contributed by atoms with Gasteiger partial charge < -0.3 is 10.4 Å². The third-order valence-electron chi connectivity index (χ3n) is 1.69. The lowest BCUT2D eigenvalue weighted by atomic mass is 9.72. The quantitative estimate of drug-likeness (QED) is 0.476. The molecule has 0 radical (unpaired) electrons. The zero-order valence-corrected chi connectivity index (χ0v) is 5.86. The van der Waals surface area contributed by atoms with Crippen molar-refractivity contribution in [2.45, 2.75) is 0 Å². The zero-order chi connectivity index (χ0) is 7.68. The van der Waals surface area contributed by atoms with Gasteiger partial charge in [0.25, 0.3) is 0 Å². The highest BCUT2D eigenvalue weighted by molar-refractivity contribution is 6.65. The maximum Gasteiger partial charge on any atom is 0.464 e. The minimum atomic E-state index is -0.656. The van der Waals surface area contributed by atoms with E-state index >= 15 is 0 Å². The maximum absolute atomic E-state index is 9.34. The highest BCUT2D eigenvalue weighted by Gasteiger charge is 2.19. The molecular weight excluding hydrogens is 139 g/mol. The van der Waals surface area contributed by atoms with Crippen molar-refractivity contribution >= 4 is 18.7 Å². The van der Waals surface area contributed by atoms with E-state index in [1.54, 1.807) is 6.21 Å². The minimum Gasteiger partial charge on any atom is -0.428 e. The normalized spacial score (nSPS) is 14.1. The van der Waals surface area contributed by atoms with Crippen LogP contribution < -0.4 is 10.8 Å². The van der Waals surface area contributed by atoms with Crippen LogP contribution in [0.2, 0.25) is 0 Å². The Morgan fingerprint density at radius 3 is 3.00 bits per heavy atom. The fourth-order valence-corrected chi connectivity index (χ4v) is 1.12. The third-order valence-corrected chi connectivity index (χ3v) is 1.69. The summed E-state index contributed by atoms with van der Waals surface area (Å²) in [5.41, 5.74) is 1.85. The highest BCUT2D eigenvalue weighted by Crippen LogP contribution is 1.96. The molecule has 0 spiro atoms. The molecule has 1 aromatic rings. The van der Waals surface area contributed by atoms with E-state index < -0.39 is 7.05 Å². The topological polar surface area (TPSA) is 44.6 Å². The summed E-state index contributed by atoms with van der Waals surface area (Å²) in [5, 5.41) is 15.7. The van der Waals surface area contributed by atoms with Gasteiger partial charge in [0.2, 0.25) is 0 Å².